The topological polar surface area (TPSA) is 55.4 Å². The van der Waals surface area contributed by atoms with Crippen LogP contribution in [0.25, 0.3) is 0 Å². The molecule has 7 heteroatoms. The molecule has 0 atom stereocenters. The van der Waals surface area contributed by atoms with Gasteiger partial charge in [-0.3, -0.25) is 0 Å². The molecule has 0 amide bonds. The van der Waals surface area contributed by atoms with E-state index in [0.29, 0.717) is 5.11 Å². The van der Waals surface area contributed by atoms with Crippen molar-refractivity contribution < 1.29 is 9.47 Å². The molecule has 0 bridgehead atoms. The van der Waals surface area contributed by atoms with Crippen molar-refractivity contribution in [3.8, 4) is 11.5 Å². The summed E-state index contributed by atoms with van der Waals surface area (Å²) in [6, 6.07) is 5.95. The molecule has 1 heterocycles. The molecule has 2 aromatic rings. The lowest BCUT2D eigenvalue weighted by atomic mass is 10.0. The summed E-state index contributed by atoms with van der Waals surface area (Å²) in [5, 5.41) is 7.97. The quantitative estimate of drug-likeness (QED) is 0.751. The monoisotopic (exact) mass is 377 g/mol. The number of thiocarbonyl (C=S) groups is 1. The maximum absolute atomic E-state index is 5.38. The molecular weight excluding hydrogens is 354 g/mol. The zero-order chi connectivity index (χ0) is 17.6. The molecule has 25 heavy (non-hydrogen) atoms. The first-order chi connectivity index (χ1) is 12.2. The highest BCUT2D eigenvalue weighted by atomic mass is 32.1. The summed E-state index contributed by atoms with van der Waals surface area (Å²) >= 11 is 7.10. The van der Waals surface area contributed by atoms with Gasteiger partial charge in [-0.25, -0.2) is 4.98 Å². The van der Waals surface area contributed by atoms with Gasteiger partial charge in [-0.05, 0) is 62.0 Å². The molecule has 1 aromatic heterocycles. The van der Waals surface area contributed by atoms with E-state index in [0.717, 1.165) is 48.0 Å². The molecule has 0 radical (unpaired) electrons. The highest BCUT2D eigenvalue weighted by molar-refractivity contribution is 7.80. The van der Waals surface area contributed by atoms with Gasteiger partial charge in [0.15, 0.2) is 21.7 Å². The molecular formula is C18H23N3O2S2. The predicted octanol–water partition coefficient (Wildman–Crippen LogP) is 3.57. The zero-order valence-corrected chi connectivity index (χ0v) is 16.2. The minimum atomic E-state index is 0.617. The number of nitrogens with zero attached hydrogens (tertiary/aromatic N) is 1. The average Bonchev–Trinajstić information content (AvgIpc) is 3.03. The van der Waals surface area contributed by atoms with Crippen LogP contribution in [0.5, 0.6) is 11.5 Å². The summed E-state index contributed by atoms with van der Waals surface area (Å²) in [5.41, 5.74) is 2.41. The fraction of sp³-hybridized carbons (Fsp3) is 0.444. The number of benzene rings is 1. The predicted molar refractivity (Wildman–Crippen MR) is 106 cm³/mol. The fourth-order valence-corrected chi connectivity index (χ4v) is 4.22. The summed E-state index contributed by atoms with van der Waals surface area (Å²) in [6.45, 7) is 0.742. The lowest BCUT2D eigenvalue weighted by Crippen LogP contribution is -2.30. The molecule has 0 fully saturated rings. The van der Waals surface area contributed by atoms with Crippen molar-refractivity contribution in [3.05, 3.63) is 34.3 Å². The SMILES string of the molecule is COc1ccc(CCNC(=S)Nc2nc3c(s2)CCCC3)cc1OC. The molecule has 134 valence electrons. The van der Waals surface area contributed by atoms with Crippen LogP contribution in [0.15, 0.2) is 18.2 Å². The average molecular weight is 378 g/mol. The van der Waals surface area contributed by atoms with E-state index in [9.17, 15) is 0 Å². The molecule has 5 nitrogen and oxygen atoms in total. The molecule has 3 rings (SSSR count). The molecule has 2 N–H and O–H groups in total. The Bertz CT molecular complexity index is 722. The molecule has 0 saturated heterocycles. The number of aromatic nitrogens is 1. The Morgan fingerprint density at radius 3 is 2.76 bits per heavy atom. The summed E-state index contributed by atoms with van der Waals surface area (Å²) < 4.78 is 10.6. The Hall–Kier alpha value is -1.86. The molecule has 1 aliphatic carbocycles. The molecule has 0 unspecified atom stereocenters. The minimum absolute atomic E-state index is 0.617. The molecule has 0 aliphatic heterocycles. The number of fused-ring (bicyclic) bond motifs is 1. The Morgan fingerprint density at radius 2 is 2.00 bits per heavy atom. The van der Waals surface area contributed by atoms with E-state index in [4.69, 9.17) is 21.7 Å². The first-order valence-corrected chi connectivity index (χ1v) is 9.66. The Morgan fingerprint density at radius 1 is 1.20 bits per heavy atom. The van der Waals surface area contributed by atoms with Crippen molar-refractivity contribution in [2.75, 3.05) is 26.1 Å². The van der Waals surface area contributed by atoms with E-state index < -0.39 is 0 Å². The van der Waals surface area contributed by atoms with Gasteiger partial charge in [-0.1, -0.05) is 6.07 Å². The minimum Gasteiger partial charge on any atom is -0.493 e. The third-order valence-corrected chi connectivity index (χ3v) is 5.53. The van der Waals surface area contributed by atoms with Crippen LogP contribution in [-0.4, -0.2) is 30.9 Å². The van der Waals surface area contributed by atoms with Crippen LogP contribution >= 0.6 is 23.6 Å². The number of ether oxygens (including phenoxy) is 2. The van der Waals surface area contributed by atoms with Gasteiger partial charge in [0.05, 0.1) is 19.9 Å². The van der Waals surface area contributed by atoms with E-state index in [2.05, 4.69) is 15.6 Å². The van der Waals surface area contributed by atoms with Gasteiger partial charge < -0.3 is 20.1 Å². The lowest BCUT2D eigenvalue weighted by Gasteiger charge is -2.11. The van der Waals surface area contributed by atoms with Gasteiger partial charge in [-0.15, -0.1) is 11.3 Å². The van der Waals surface area contributed by atoms with E-state index in [1.165, 1.54) is 23.4 Å². The maximum Gasteiger partial charge on any atom is 0.189 e. The highest BCUT2D eigenvalue weighted by Gasteiger charge is 2.15. The van der Waals surface area contributed by atoms with Crippen molar-refractivity contribution in [2.45, 2.75) is 32.1 Å². The van der Waals surface area contributed by atoms with Crippen molar-refractivity contribution in [1.82, 2.24) is 10.3 Å². The van der Waals surface area contributed by atoms with Crippen LogP contribution in [0.2, 0.25) is 0 Å². The normalized spacial score (nSPS) is 13.0. The third kappa shape index (κ3) is 4.61. The molecule has 0 spiro atoms. The second-order valence-electron chi connectivity index (χ2n) is 5.92. The number of methoxy groups -OCH3 is 2. The van der Waals surface area contributed by atoms with Crippen LogP contribution in [0.4, 0.5) is 5.13 Å². The van der Waals surface area contributed by atoms with Crippen LogP contribution in [0.1, 0.15) is 29.0 Å². The van der Waals surface area contributed by atoms with Crippen molar-refractivity contribution in [1.29, 1.82) is 0 Å². The fourth-order valence-electron chi connectivity index (χ4n) is 2.90. The van der Waals surface area contributed by atoms with Crippen LogP contribution < -0.4 is 20.1 Å². The summed E-state index contributed by atoms with van der Waals surface area (Å²) in [4.78, 5) is 6.05. The smallest absolute Gasteiger partial charge is 0.189 e. The van der Waals surface area contributed by atoms with E-state index >= 15 is 0 Å². The van der Waals surface area contributed by atoms with Gasteiger partial charge in [0.1, 0.15) is 0 Å². The van der Waals surface area contributed by atoms with Gasteiger partial charge in [0.25, 0.3) is 0 Å². The van der Waals surface area contributed by atoms with Crippen molar-refractivity contribution in [3.63, 3.8) is 0 Å². The van der Waals surface area contributed by atoms with E-state index in [1.54, 1.807) is 25.6 Å². The van der Waals surface area contributed by atoms with E-state index in [1.807, 2.05) is 18.2 Å². The number of anilines is 1. The first kappa shape index (κ1) is 17.9. The number of hydrogen-bond donors (Lipinski definition) is 2. The van der Waals surface area contributed by atoms with Gasteiger partial charge in [-0.2, -0.15) is 0 Å². The maximum atomic E-state index is 5.38. The van der Waals surface area contributed by atoms with Crippen LogP contribution in [0.3, 0.4) is 0 Å². The Labute approximate surface area is 157 Å². The number of hydrogen-bond acceptors (Lipinski definition) is 5. The number of thiazole rings is 1. The lowest BCUT2D eigenvalue weighted by molar-refractivity contribution is 0.354. The standard InChI is InChI=1S/C18H23N3O2S2/c1-22-14-8-7-12(11-15(14)23-2)9-10-19-17(24)21-18-20-13-5-3-4-6-16(13)25-18/h7-8,11H,3-6,9-10H2,1-2H3,(H2,19,20,21,24). The van der Waals surface area contributed by atoms with Gasteiger partial charge in [0, 0.05) is 11.4 Å². The summed E-state index contributed by atoms with van der Waals surface area (Å²) in [5.74, 6) is 1.48. The zero-order valence-electron chi connectivity index (χ0n) is 14.6. The number of nitrogens with one attached hydrogen (secondary N) is 2. The summed E-state index contributed by atoms with van der Waals surface area (Å²) in [7, 11) is 3.28. The van der Waals surface area contributed by atoms with Crippen molar-refractivity contribution >= 4 is 33.8 Å². The second-order valence-corrected chi connectivity index (χ2v) is 7.41. The van der Waals surface area contributed by atoms with Crippen LogP contribution in [-0.2, 0) is 19.3 Å². The van der Waals surface area contributed by atoms with Gasteiger partial charge in [0.2, 0.25) is 0 Å². The molecule has 1 aliphatic rings. The third-order valence-electron chi connectivity index (χ3n) is 4.21. The molecule has 0 saturated carbocycles. The largest absolute Gasteiger partial charge is 0.493 e. The second kappa shape index (κ2) is 8.49. The molecule has 1 aromatic carbocycles. The first-order valence-electron chi connectivity index (χ1n) is 8.44. The Balaban J connectivity index is 1.48. The van der Waals surface area contributed by atoms with Gasteiger partial charge >= 0.3 is 0 Å². The number of rotatable bonds is 6. The highest BCUT2D eigenvalue weighted by Crippen LogP contribution is 2.29. The van der Waals surface area contributed by atoms with Crippen molar-refractivity contribution in [2.24, 2.45) is 0 Å². The number of aryl methyl sites for hydroxylation is 2. The van der Waals surface area contributed by atoms with E-state index in [-0.39, 0.29) is 0 Å². The summed E-state index contributed by atoms with van der Waals surface area (Å²) in [6.07, 6.45) is 5.59. The Kier molecular flexibility index (Phi) is 6.09. The van der Waals surface area contributed by atoms with Crippen LogP contribution in [0, 0.1) is 0 Å².